The number of rotatable bonds is 6. The number of amides is 1. The second-order valence-corrected chi connectivity index (χ2v) is 5.39. The van der Waals surface area contributed by atoms with E-state index in [0.29, 0.717) is 29.6 Å². The summed E-state index contributed by atoms with van der Waals surface area (Å²) in [5, 5.41) is 6.64. The maximum Gasteiger partial charge on any atom is 0.251 e. The summed E-state index contributed by atoms with van der Waals surface area (Å²) in [5.74, 6) is 1.52. The molecular formula is C16H19N3O4. The minimum Gasteiger partial charge on any atom is -0.485 e. The van der Waals surface area contributed by atoms with Crippen LogP contribution in [0.4, 0.5) is 0 Å². The largest absolute Gasteiger partial charge is 0.485 e. The second kappa shape index (κ2) is 7.23. The molecule has 3 rings (SSSR count). The first-order chi connectivity index (χ1) is 11.2. The first kappa shape index (κ1) is 15.5. The summed E-state index contributed by atoms with van der Waals surface area (Å²) in [5.41, 5.74) is 0.589. The minimum absolute atomic E-state index is 0.110. The Morgan fingerprint density at radius 3 is 2.87 bits per heavy atom. The Balaban J connectivity index is 1.48. The van der Waals surface area contributed by atoms with Crippen LogP contribution in [-0.4, -0.2) is 35.3 Å². The lowest BCUT2D eigenvalue weighted by Gasteiger charge is -2.11. The van der Waals surface area contributed by atoms with Gasteiger partial charge in [0.1, 0.15) is 5.75 Å². The van der Waals surface area contributed by atoms with Crippen molar-refractivity contribution in [2.75, 3.05) is 13.2 Å². The molecule has 2 heterocycles. The van der Waals surface area contributed by atoms with Crippen LogP contribution in [0.25, 0.3) is 0 Å². The van der Waals surface area contributed by atoms with Crippen LogP contribution in [0.15, 0.2) is 28.8 Å². The van der Waals surface area contributed by atoms with E-state index < -0.39 is 0 Å². The van der Waals surface area contributed by atoms with E-state index >= 15 is 0 Å². The van der Waals surface area contributed by atoms with Crippen LogP contribution in [0.5, 0.6) is 5.75 Å². The number of aryl methyl sites for hydroxylation is 1. The van der Waals surface area contributed by atoms with E-state index in [-0.39, 0.29) is 18.6 Å². The van der Waals surface area contributed by atoms with E-state index in [4.69, 9.17) is 14.0 Å². The molecule has 0 spiro atoms. The van der Waals surface area contributed by atoms with Gasteiger partial charge in [-0.25, -0.2) is 0 Å². The predicted molar refractivity (Wildman–Crippen MR) is 81.1 cm³/mol. The number of aromatic nitrogens is 2. The van der Waals surface area contributed by atoms with Crippen LogP contribution in [0.2, 0.25) is 0 Å². The highest BCUT2D eigenvalue weighted by molar-refractivity contribution is 5.94. The van der Waals surface area contributed by atoms with Gasteiger partial charge in [0.15, 0.2) is 6.61 Å². The van der Waals surface area contributed by atoms with Crippen molar-refractivity contribution in [1.29, 1.82) is 0 Å². The van der Waals surface area contributed by atoms with E-state index in [0.717, 1.165) is 19.4 Å². The fourth-order valence-corrected chi connectivity index (χ4v) is 2.36. The molecule has 1 aromatic carbocycles. The van der Waals surface area contributed by atoms with E-state index in [1.807, 2.05) is 0 Å². The Hall–Kier alpha value is -2.41. The third-order valence-electron chi connectivity index (χ3n) is 3.57. The van der Waals surface area contributed by atoms with Gasteiger partial charge in [-0.2, -0.15) is 4.98 Å². The summed E-state index contributed by atoms with van der Waals surface area (Å²) < 4.78 is 15.9. The molecule has 1 fully saturated rings. The van der Waals surface area contributed by atoms with Crippen LogP contribution < -0.4 is 10.1 Å². The lowest BCUT2D eigenvalue weighted by Crippen LogP contribution is -2.31. The van der Waals surface area contributed by atoms with Crippen LogP contribution in [0.3, 0.4) is 0 Å². The number of nitrogens with one attached hydrogen (secondary N) is 1. The van der Waals surface area contributed by atoms with Gasteiger partial charge in [0, 0.05) is 25.6 Å². The molecule has 1 amide bonds. The lowest BCUT2D eigenvalue weighted by atomic mass is 10.2. The molecule has 1 aliphatic heterocycles. The van der Waals surface area contributed by atoms with Gasteiger partial charge < -0.3 is 19.3 Å². The molecule has 0 radical (unpaired) electrons. The maximum absolute atomic E-state index is 12.1. The van der Waals surface area contributed by atoms with Crippen molar-refractivity contribution in [3.63, 3.8) is 0 Å². The number of carbonyl (C=O) groups is 1. The quantitative estimate of drug-likeness (QED) is 0.875. The van der Waals surface area contributed by atoms with Gasteiger partial charge in [-0.15, -0.1) is 0 Å². The summed E-state index contributed by atoms with van der Waals surface area (Å²) in [4.78, 5) is 16.1. The summed E-state index contributed by atoms with van der Waals surface area (Å²) in [6.45, 7) is 3.28. The smallest absolute Gasteiger partial charge is 0.251 e. The molecule has 1 N–H and O–H groups in total. The van der Waals surface area contributed by atoms with Crippen molar-refractivity contribution in [3.8, 4) is 5.75 Å². The van der Waals surface area contributed by atoms with Gasteiger partial charge in [0.2, 0.25) is 11.7 Å². The molecule has 7 nitrogen and oxygen atoms in total. The molecule has 0 saturated carbocycles. The number of carbonyl (C=O) groups excluding carboxylic acids is 1. The predicted octanol–water partition coefficient (Wildman–Crippen LogP) is 1.87. The number of benzene rings is 1. The molecule has 0 unspecified atom stereocenters. The van der Waals surface area contributed by atoms with Gasteiger partial charge >= 0.3 is 0 Å². The molecule has 1 aliphatic rings. The number of hydrogen-bond acceptors (Lipinski definition) is 6. The summed E-state index contributed by atoms with van der Waals surface area (Å²) in [6, 6.07) is 6.94. The highest BCUT2D eigenvalue weighted by Gasteiger charge is 2.16. The highest BCUT2D eigenvalue weighted by atomic mass is 16.5. The van der Waals surface area contributed by atoms with Crippen LogP contribution in [0, 0.1) is 6.92 Å². The first-order valence-corrected chi connectivity index (χ1v) is 7.62. The molecular weight excluding hydrogens is 298 g/mol. The lowest BCUT2D eigenvalue weighted by molar-refractivity contribution is 0.0857. The molecule has 1 atom stereocenters. The average molecular weight is 317 g/mol. The van der Waals surface area contributed by atoms with E-state index in [1.54, 1.807) is 31.2 Å². The fraction of sp³-hybridized carbons (Fsp3) is 0.438. The second-order valence-electron chi connectivity index (χ2n) is 5.39. The van der Waals surface area contributed by atoms with Crippen molar-refractivity contribution >= 4 is 5.91 Å². The van der Waals surface area contributed by atoms with Gasteiger partial charge in [0.05, 0.1) is 6.10 Å². The van der Waals surface area contributed by atoms with E-state index in [9.17, 15) is 4.79 Å². The van der Waals surface area contributed by atoms with Gasteiger partial charge in [0.25, 0.3) is 5.91 Å². The Morgan fingerprint density at radius 2 is 2.22 bits per heavy atom. The Labute approximate surface area is 134 Å². The number of hydrogen-bond donors (Lipinski definition) is 1. The van der Waals surface area contributed by atoms with E-state index in [2.05, 4.69) is 15.5 Å². The summed E-state index contributed by atoms with van der Waals surface area (Å²) in [6.07, 6.45) is 2.20. The SMILES string of the molecule is Cc1nc(COc2ccc(C(=O)NC[C@H]3CCCO3)cc2)no1. The van der Waals surface area contributed by atoms with Crippen molar-refractivity contribution < 1.29 is 18.8 Å². The van der Waals surface area contributed by atoms with Crippen LogP contribution in [-0.2, 0) is 11.3 Å². The molecule has 1 aromatic heterocycles. The molecule has 23 heavy (non-hydrogen) atoms. The zero-order chi connectivity index (χ0) is 16.1. The Morgan fingerprint density at radius 1 is 1.39 bits per heavy atom. The average Bonchev–Trinajstić information content (AvgIpc) is 3.22. The van der Waals surface area contributed by atoms with Crippen molar-refractivity contribution in [2.45, 2.75) is 32.5 Å². The van der Waals surface area contributed by atoms with Crippen LogP contribution >= 0.6 is 0 Å². The number of ether oxygens (including phenoxy) is 2. The van der Waals surface area contributed by atoms with Crippen molar-refractivity contribution in [1.82, 2.24) is 15.5 Å². The third kappa shape index (κ3) is 4.29. The van der Waals surface area contributed by atoms with E-state index in [1.165, 1.54) is 0 Å². The monoisotopic (exact) mass is 317 g/mol. The van der Waals surface area contributed by atoms with Gasteiger partial charge in [-0.1, -0.05) is 5.16 Å². The number of nitrogens with zero attached hydrogens (tertiary/aromatic N) is 2. The normalized spacial score (nSPS) is 17.2. The zero-order valence-electron chi connectivity index (χ0n) is 12.9. The standard InChI is InChI=1S/C16H19N3O4/c1-11-18-15(19-23-11)10-22-13-6-4-12(5-7-13)16(20)17-9-14-3-2-8-21-14/h4-7,14H,2-3,8-10H2,1H3,(H,17,20)/t14-/m1/s1. The first-order valence-electron chi connectivity index (χ1n) is 7.62. The van der Waals surface area contributed by atoms with Gasteiger partial charge in [-0.3, -0.25) is 4.79 Å². The van der Waals surface area contributed by atoms with Gasteiger partial charge in [-0.05, 0) is 37.1 Å². The Kier molecular flexibility index (Phi) is 4.87. The zero-order valence-corrected chi connectivity index (χ0v) is 12.9. The molecule has 7 heteroatoms. The minimum atomic E-state index is -0.110. The fourth-order valence-electron chi connectivity index (χ4n) is 2.36. The van der Waals surface area contributed by atoms with Crippen LogP contribution in [0.1, 0.15) is 34.9 Å². The molecule has 0 aliphatic carbocycles. The van der Waals surface area contributed by atoms with Crippen molar-refractivity contribution in [2.24, 2.45) is 0 Å². The molecule has 122 valence electrons. The molecule has 2 aromatic rings. The maximum atomic E-state index is 12.1. The third-order valence-corrected chi connectivity index (χ3v) is 3.57. The summed E-state index contributed by atoms with van der Waals surface area (Å²) >= 11 is 0. The molecule has 1 saturated heterocycles. The topological polar surface area (TPSA) is 86.5 Å². The highest BCUT2D eigenvalue weighted by Crippen LogP contribution is 2.14. The van der Waals surface area contributed by atoms with Crippen molar-refractivity contribution in [3.05, 3.63) is 41.5 Å². The summed E-state index contributed by atoms with van der Waals surface area (Å²) in [7, 11) is 0. The molecule has 0 bridgehead atoms. The Bertz CT molecular complexity index is 648.